The van der Waals surface area contributed by atoms with Crippen LogP contribution in [0, 0.1) is 18.6 Å². The summed E-state index contributed by atoms with van der Waals surface area (Å²) >= 11 is 0. The van der Waals surface area contributed by atoms with Gasteiger partial charge in [0.2, 0.25) is 0 Å². The topological polar surface area (TPSA) is 53.6 Å². The predicted molar refractivity (Wildman–Crippen MR) is 73.5 cm³/mol. The highest BCUT2D eigenvalue weighted by Crippen LogP contribution is 2.28. The molecule has 6 heteroatoms. The van der Waals surface area contributed by atoms with Gasteiger partial charge >= 0.3 is 0 Å². The maximum atomic E-state index is 13.4. The molecule has 0 amide bonds. The Balaban J connectivity index is 2.19. The minimum Gasteiger partial charge on any atom is -0.387 e. The van der Waals surface area contributed by atoms with Crippen molar-refractivity contribution in [2.24, 2.45) is 0 Å². The SMILES string of the molecule is CNc1ccc(-c2n[nH]c3cc(F)c(F)cc23)nc1C. The van der Waals surface area contributed by atoms with E-state index >= 15 is 0 Å². The highest BCUT2D eigenvalue weighted by atomic mass is 19.2. The fraction of sp³-hybridized carbons (Fsp3) is 0.143. The molecule has 0 aliphatic carbocycles. The van der Waals surface area contributed by atoms with Crippen LogP contribution in [0.15, 0.2) is 24.3 Å². The molecule has 0 aliphatic heterocycles. The lowest BCUT2D eigenvalue weighted by atomic mass is 10.1. The van der Waals surface area contributed by atoms with Crippen molar-refractivity contribution in [1.82, 2.24) is 15.2 Å². The molecule has 0 unspecified atom stereocenters. The van der Waals surface area contributed by atoms with Crippen molar-refractivity contribution in [1.29, 1.82) is 0 Å². The van der Waals surface area contributed by atoms with Gasteiger partial charge in [-0.05, 0) is 25.1 Å². The first-order chi connectivity index (χ1) is 9.60. The van der Waals surface area contributed by atoms with Crippen LogP contribution in [-0.4, -0.2) is 22.2 Å². The highest BCUT2D eigenvalue weighted by Gasteiger charge is 2.13. The van der Waals surface area contributed by atoms with Crippen LogP contribution >= 0.6 is 0 Å². The van der Waals surface area contributed by atoms with E-state index in [2.05, 4.69) is 20.5 Å². The summed E-state index contributed by atoms with van der Waals surface area (Å²) in [6.45, 7) is 1.87. The number of anilines is 1. The van der Waals surface area contributed by atoms with E-state index in [4.69, 9.17) is 0 Å². The number of aryl methyl sites for hydroxylation is 1. The van der Waals surface area contributed by atoms with Crippen molar-refractivity contribution < 1.29 is 8.78 Å². The molecule has 0 spiro atoms. The molecule has 1 aromatic carbocycles. The monoisotopic (exact) mass is 274 g/mol. The number of rotatable bonds is 2. The van der Waals surface area contributed by atoms with E-state index in [1.54, 1.807) is 6.07 Å². The third kappa shape index (κ3) is 1.89. The van der Waals surface area contributed by atoms with Crippen molar-refractivity contribution >= 4 is 16.6 Å². The van der Waals surface area contributed by atoms with E-state index in [0.717, 1.165) is 23.5 Å². The molecule has 2 N–H and O–H groups in total. The number of fused-ring (bicyclic) bond motifs is 1. The van der Waals surface area contributed by atoms with Gasteiger partial charge in [0.15, 0.2) is 11.6 Å². The number of hydrogen-bond donors (Lipinski definition) is 2. The van der Waals surface area contributed by atoms with Crippen molar-refractivity contribution in [2.45, 2.75) is 6.92 Å². The number of halogens is 2. The largest absolute Gasteiger partial charge is 0.387 e. The number of aromatic amines is 1. The van der Waals surface area contributed by atoms with E-state index in [0.29, 0.717) is 22.3 Å². The average Bonchev–Trinajstić information content (AvgIpc) is 2.82. The van der Waals surface area contributed by atoms with Gasteiger partial charge < -0.3 is 5.32 Å². The number of nitrogens with one attached hydrogen (secondary N) is 2. The Kier molecular flexibility index (Phi) is 2.85. The smallest absolute Gasteiger partial charge is 0.160 e. The first-order valence-corrected chi connectivity index (χ1v) is 6.09. The molecular formula is C14H12F2N4. The molecule has 3 rings (SSSR count). The Hall–Kier alpha value is -2.50. The minimum atomic E-state index is -0.901. The Morgan fingerprint density at radius 3 is 2.60 bits per heavy atom. The fourth-order valence-electron chi connectivity index (χ4n) is 2.16. The Morgan fingerprint density at radius 2 is 1.90 bits per heavy atom. The van der Waals surface area contributed by atoms with Crippen LogP contribution in [0.4, 0.5) is 14.5 Å². The number of aromatic nitrogens is 3. The van der Waals surface area contributed by atoms with Gasteiger partial charge in [0.05, 0.1) is 22.6 Å². The molecule has 0 fully saturated rings. The number of pyridine rings is 1. The molecule has 0 aliphatic rings. The normalized spacial score (nSPS) is 11.0. The summed E-state index contributed by atoms with van der Waals surface area (Å²) < 4.78 is 26.5. The zero-order valence-electron chi connectivity index (χ0n) is 11.0. The number of hydrogen-bond acceptors (Lipinski definition) is 3. The molecule has 4 nitrogen and oxygen atoms in total. The van der Waals surface area contributed by atoms with Crippen molar-refractivity contribution in [3.63, 3.8) is 0 Å². The summed E-state index contributed by atoms with van der Waals surface area (Å²) in [5, 5.41) is 10.3. The Morgan fingerprint density at radius 1 is 1.15 bits per heavy atom. The van der Waals surface area contributed by atoms with Crippen molar-refractivity contribution in [2.75, 3.05) is 12.4 Å². The van der Waals surface area contributed by atoms with Crippen LogP contribution in [0.2, 0.25) is 0 Å². The standard InChI is InChI=1S/C14H12F2N4/c1-7-11(17-2)3-4-12(18-7)14-8-5-9(15)10(16)6-13(8)19-20-14/h3-6,17H,1-2H3,(H,19,20). The Bertz CT molecular complexity index is 795. The summed E-state index contributed by atoms with van der Waals surface area (Å²) in [5.74, 6) is -1.80. The molecular weight excluding hydrogens is 262 g/mol. The molecule has 0 saturated heterocycles. The number of nitrogens with zero attached hydrogens (tertiary/aromatic N) is 2. The second-order valence-electron chi connectivity index (χ2n) is 4.46. The van der Waals surface area contributed by atoms with Gasteiger partial charge in [-0.3, -0.25) is 5.10 Å². The van der Waals surface area contributed by atoms with Gasteiger partial charge in [-0.15, -0.1) is 0 Å². The number of benzene rings is 1. The highest BCUT2D eigenvalue weighted by molar-refractivity contribution is 5.92. The zero-order valence-corrected chi connectivity index (χ0v) is 11.0. The Labute approximate surface area is 113 Å². The molecule has 20 heavy (non-hydrogen) atoms. The molecule has 3 aromatic rings. The lowest BCUT2D eigenvalue weighted by Gasteiger charge is -2.05. The van der Waals surface area contributed by atoms with Crippen molar-refractivity contribution in [3.8, 4) is 11.4 Å². The van der Waals surface area contributed by atoms with Gasteiger partial charge in [-0.2, -0.15) is 5.10 Å². The van der Waals surface area contributed by atoms with E-state index in [-0.39, 0.29) is 0 Å². The molecule has 102 valence electrons. The first kappa shape index (κ1) is 12.5. The van der Waals surface area contributed by atoms with Crippen LogP contribution in [0.25, 0.3) is 22.3 Å². The van der Waals surface area contributed by atoms with E-state index in [1.165, 1.54) is 0 Å². The van der Waals surface area contributed by atoms with E-state index in [9.17, 15) is 8.78 Å². The number of H-pyrrole nitrogens is 1. The van der Waals surface area contributed by atoms with Gasteiger partial charge in [-0.1, -0.05) is 0 Å². The second-order valence-corrected chi connectivity index (χ2v) is 4.46. The lowest BCUT2D eigenvalue weighted by Crippen LogP contribution is -1.96. The van der Waals surface area contributed by atoms with Crippen LogP contribution < -0.4 is 5.32 Å². The van der Waals surface area contributed by atoms with Gasteiger partial charge in [0, 0.05) is 18.5 Å². The average molecular weight is 274 g/mol. The first-order valence-electron chi connectivity index (χ1n) is 6.09. The summed E-state index contributed by atoms with van der Waals surface area (Å²) in [6, 6.07) is 5.89. The molecule has 0 bridgehead atoms. The van der Waals surface area contributed by atoms with E-state index < -0.39 is 11.6 Å². The summed E-state index contributed by atoms with van der Waals surface area (Å²) in [6.07, 6.45) is 0. The van der Waals surface area contributed by atoms with Gasteiger partial charge in [0.25, 0.3) is 0 Å². The molecule has 2 heterocycles. The van der Waals surface area contributed by atoms with E-state index in [1.807, 2.05) is 20.0 Å². The summed E-state index contributed by atoms with van der Waals surface area (Å²) in [4.78, 5) is 4.43. The molecule has 0 atom stereocenters. The lowest BCUT2D eigenvalue weighted by molar-refractivity contribution is 0.511. The maximum absolute atomic E-state index is 13.4. The van der Waals surface area contributed by atoms with Gasteiger partial charge in [0.1, 0.15) is 5.69 Å². The van der Waals surface area contributed by atoms with Crippen LogP contribution in [0.1, 0.15) is 5.69 Å². The van der Waals surface area contributed by atoms with Crippen LogP contribution in [0.5, 0.6) is 0 Å². The molecule has 0 radical (unpaired) electrons. The second kappa shape index (κ2) is 4.56. The minimum absolute atomic E-state index is 0.441. The summed E-state index contributed by atoms with van der Waals surface area (Å²) in [5.41, 5.74) is 3.27. The van der Waals surface area contributed by atoms with Crippen LogP contribution in [0.3, 0.4) is 0 Å². The van der Waals surface area contributed by atoms with Gasteiger partial charge in [-0.25, -0.2) is 13.8 Å². The predicted octanol–water partition coefficient (Wildman–Crippen LogP) is 3.25. The fourth-order valence-corrected chi connectivity index (χ4v) is 2.16. The van der Waals surface area contributed by atoms with Crippen LogP contribution in [-0.2, 0) is 0 Å². The maximum Gasteiger partial charge on any atom is 0.160 e. The quantitative estimate of drug-likeness (QED) is 0.754. The third-order valence-corrected chi connectivity index (χ3v) is 3.20. The third-order valence-electron chi connectivity index (χ3n) is 3.20. The molecule has 2 aromatic heterocycles. The zero-order chi connectivity index (χ0) is 14.3. The molecule has 0 saturated carbocycles. The van der Waals surface area contributed by atoms with Crippen molar-refractivity contribution in [3.05, 3.63) is 41.6 Å². The summed E-state index contributed by atoms with van der Waals surface area (Å²) in [7, 11) is 1.81.